The number of benzene rings is 2. The highest BCUT2D eigenvalue weighted by molar-refractivity contribution is 6.03. The zero-order chi connectivity index (χ0) is 21.7. The van der Waals surface area contributed by atoms with Gasteiger partial charge in [-0.25, -0.2) is 0 Å². The molecule has 6 rings (SSSR count). The molecule has 0 saturated heterocycles. The van der Waals surface area contributed by atoms with Crippen LogP contribution in [-0.4, -0.2) is 34.3 Å². The molecule has 5 nitrogen and oxygen atoms in total. The summed E-state index contributed by atoms with van der Waals surface area (Å²) in [4.78, 5) is 32.2. The number of nitrogens with one attached hydrogen (secondary N) is 2. The molecule has 1 aliphatic carbocycles. The first-order valence-electron chi connectivity index (χ1n) is 11.7. The molecule has 2 amide bonds. The number of rotatable bonds is 4. The molecule has 3 aliphatic rings. The van der Waals surface area contributed by atoms with Crippen molar-refractivity contribution in [2.24, 2.45) is 0 Å². The number of carbonyl (C=O) groups excluding carboxylic acids is 2. The Hall–Kier alpha value is -3.34. The van der Waals surface area contributed by atoms with Crippen LogP contribution in [0.4, 0.5) is 0 Å². The second kappa shape index (κ2) is 7.66. The van der Waals surface area contributed by atoms with Crippen molar-refractivity contribution < 1.29 is 9.59 Å². The zero-order valence-electron chi connectivity index (χ0n) is 18.1. The number of hydrogen-bond acceptors (Lipinski definition) is 2. The summed E-state index contributed by atoms with van der Waals surface area (Å²) in [6.07, 6.45) is 8.55. The van der Waals surface area contributed by atoms with Gasteiger partial charge in [-0.3, -0.25) is 9.59 Å². The van der Waals surface area contributed by atoms with E-state index in [4.69, 9.17) is 0 Å². The third-order valence-electron chi connectivity index (χ3n) is 7.28. The third kappa shape index (κ3) is 2.99. The van der Waals surface area contributed by atoms with E-state index in [1.807, 2.05) is 36.4 Å². The molecule has 0 saturated carbocycles. The molecular weight excluding hydrogens is 398 g/mol. The van der Waals surface area contributed by atoms with E-state index >= 15 is 0 Å². The molecule has 2 aromatic carbocycles. The fraction of sp³-hybridized carbons (Fsp3) is 0.333. The lowest BCUT2D eigenvalue weighted by Crippen LogP contribution is -2.52. The lowest BCUT2D eigenvalue weighted by Gasteiger charge is -2.37. The number of para-hydroxylation sites is 1. The first-order valence-corrected chi connectivity index (χ1v) is 11.7. The number of H-pyrrole nitrogens is 1. The van der Waals surface area contributed by atoms with Crippen molar-refractivity contribution in [3.8, 4) is 0 Å². The normalized spacial score (nSPS) is 21.7. The van der Waals surface area contributed by atoms with Gasteiger partial charge in [0.1, 0.15) is 6.04 Å². The zero-order valence-corrected chi connectivity index (χ0v) is 18.1. The van der Waals surface area contributed by atoms with E-state index in [0.29, 0.717) is 18.5 Å². The summed E-state index contributed by atoms with van der Waals surface area (Å²) >= 11 is 0. The largest absolute Gasteiger partial charge is 0.356 e. The number of amides is 2. The summed E-state index contributed by atoms with van der Waals surface area (Å²) in [7, 11) is 0. The average Bonchev–Trinajstić information content (AvgIpc) is 3.35. The number of fused-ring (bicyclic) bond motifs is 7. The van der Waals surface area contributed by atoms with Crippen molar-refractivity contribution >= 4 is 22.7 Å². The highest BCUT2D eigenvalue weighted by atomic mass is 16.2. The molecule has 1 aromatic heterocycles. The SMILES string of the molecule is O=C(NCCC1=CCCCC1)[C@@H]1Cc2c([nH]c3ccccc23)C2c3ccccc3C(=O)N21. The summed E-state index contributed by atoms with van der Waals surface area (Å²) < 4.78 is 0. The van der Waals surface area contributed by atoms with Crippen LogP contribution in [0.3, 0.4) is 0 Å². The maximum absolute atomic E-state index is 13.4. The molecule has 0 bridgehead atoms. The highest BCUT2D eigenvalue weighted by Crippen LogP contribution is 2.46. The topological polar surface area (TPSA) is 65.2 Å². The molecular formula is C27H27N3O2. The number of nitrogens with zero attached hydrogens (tertiary/aromatic N) is 1. The van der Waals surface area contributed by atoms with Gasteiger partial charge in [0, 0.05) is 35.1 Å². The van der Waals surface area contributed by atoms with Gasteiger partial charge in [-0.15, -0.1) is 0 Å². The Morgan fingerprint density at radius 1 is 1.09 bits per heavy atom. The molecule has 162 valence electrons. The fourth-order valence-corrected chi connectivity index (χ4v) is 5.73. The third-order valence-corrected chi connectivity index (χ3v) is 7.28. The summed E-state index contributed by atoms with van der Waals surface area (Å²) in [6.45, 7) is 0.627. The second-order valence-electron chi connectivity index (χ2n) is 9.13. The van der Waals surface area contributed by atoms with Crippen molar-refractivity contribution in [2.75, 3.05) is 6.54 Å². The van der Waals surface area contributed by atoms with Crippen LogP contribution >= 0.6 is 0 Å². The highest BCUT2D eigenvalue weighted by Gasteiger charge is 2.48. The number of aromatic amines is 1. The van der Waals surface area contributed by atoms with E-state index < -0.39 is 6.04 Å². The summed E-state index contributed by atoms with van der Waals surface area (Å²) in [5.74, 6) is -0.103. The molecule has 3 heterocycles. The van der Waals surface area contributed by atoms with Crippen molar-refractivity contribution in [3.63, 3.8) is 0 Å². The van der Waals surface area contributed by atoms with Crippen LogP contribution in [0.1, 0.15) is 65.3 Å². The van der Waals surface area contributed by atoms with Gasteiger partial charge in [-0.1, -0.05) is 48.0 Å². The molecule has 2 atom stereocenters. The smallest absolute Gasteiger partial charge is 0.255 e. The predicted octanol–water partition coefficient (Wildman–Crippen LogP) is 4.64. The number of hydrogen-bond donors (Lipinski definition) is 2. The van der Waals surface area contributed by atoms with E-state index in [-0.39, 0.29) is 17.9 Å². The van der Waals surface area contributed by atoms with Crippen LogP contribution < -0.4 is 5.32 Å². The molecule has 1 unspecified atom stereocenters. The van der Waals surface area contributed by atoms with Gasteiger partial charge < -0.3 is 15.2 Å². The quantitative estimate of drug-likeness (QED) is 0.598. The van der Waals surface area contributed by atoms with E-state index in [1.54, 1.807) is 4.90 Å². The van der Waals surface area contributed by atoms with Crippen LogP contribution in [0.5, 0.6) is 0 Å². The van der Waals surface area contributed by atoms with Gasteiger partial charge in [0.15, 0.2) is 0 Å². The van der Waals surface area contributed by atoms with Crippen molar-refractivity contribution in [1.29, 1.82) is 0 Å². The van der Waals surface area contributed by atoms with Crippen LogP contribution in [0, 0.1) is 0 Å². The molecule has 3 aromatic rings. The van der Waals surface area contributed by atoms with Crippen LogP contribution in [-0.2, 0) is 11.2 Å². The van der Waals surface area contributed by atoms with E-state index in [2.05, 4.69) is 28.5 Å². The summed E-state index contributed by atoms with van der Waals surface area (Å²) in [5, 5.41) is 4.29. The maximum Gasteiger partial charge on any atom is 0.255 e. The van der Waals surface area contributed by atoms with Gasteiger partial charge in [0.2, 0.25) is 5.91 Å². The Morgan fingerprint density at radius 3 is 2.81 bits per heavy atom. The molecule has 2 aliphatic heterocycles. The van der Waals surface area contributed by atoms with Crippen LogP contribution in [0.15, 0.2) is 60.2 Å². The minimum absolute atomic E-state index is 0.0509. The Bertz CT molecular complexity index is 1250. The second-order valence-corrected chi connectivity index (χ2v) is 9.13. The Kier molecular flexibility index (Phi) is 4.63. The standard InChI is InChI=1S/C27H27N3O2/c31-26(28-15-14-17-8-2-1-3-9-17)23-16-21-18-10-6-7-13-22(18)29-24(21)25-19-11-4-5-12-20(19)27(32)30(23)25/h4-8,10-13,23,25,29H,1-3,9,14-16H2,(H,28,31)/t23-,25?/m0/s1. The minimum atomic E-state index is -0.507. The molecule has 0 fully saturated rings. The number of allylic oxidation sites excluding steroid dienone is 1. The van der Waals surface area contributed by atoms with E-state index in [9.17, 15) is 9.59 Å². The summed E-state index contributed by atoms with van der Waals surface area (Å²) in [5.41, 5.74) is 6.38. The predicted molar refractivity (Wildman–Crippen MR) is 124 cm³/mol. The number of carbonyl (C=O) groups is 2. The van der Waals surface area contributed by atoms with E-state index in [0.717, 1.165) is 47.0 Å². The maximum atomic E-state index is 13.4. The van der Waals surface area contributed by atoms with Gasteiger partial charge in [0.25, 0.3) is 5.91 Å². The van der Waals surface area contributed by atoms with Gasteiger partial charge in [0.05, 0.1) is 6.04 Å². The average molecular weight is 426 g/mol. The first-order chi connectivity index (χ1) is 15.7. The lowest BCUT2D eigenvalue weighted by atomic mass is 9.90. The molecule has 2 N–H and O–H groups in total. The number of aromatic nitrogens is 1. The first kappa shape index (κ1) is 19.4. The van der Waals surface area contributed by atoms with E-state index in [1.165, 1.54) is 18.4 Å². The minimum Gasteiger partial charge on any atom is -0.356 e. The van der Waals surface area contributed by atoms with Gasteiger partial charge >= 0.3 is 0 Å². The monoisotopic (exact) mass is 425 g/mol. The van der Waals surface area contributed by atoms with Crippen molar-refractivity contribution in [2.45, 2.75) is 50.6 Å². The Labute approximate surface area is 187 Å². The molecule has 5 heteroatoms. The summed E-state index contributed by atoms with van der Waals surface area (Å²) in [6, 6.07) is 15.2. The van der Waals surface area contributed by atoms with Crippen molar-refractivity contribution in [3.05, 3.63) is 82.6 Å². The molecule has 0 radical (unpaired) electrons. The van der Waals surface area contributed by atoms with Gasteiger partial charge in [-0.2, -0.15) is 0 Å². The van der Waals surface area contributed by atoms with Gasteiger partial charge in [-0.05, 0) is 55.4 Å². The Morgan fingerprint density at radius 2 is 1.94 bits per heavy atom. The molecule has 32 heavy (non-hydrogen) atoms. The lowest BCUT2D eigenvalue weighted by molar-refractivity contribution is -0.126. The van der Waals surface area contributed by atoms with Crippen LogP contribution in [0.2, 0.25) is 0 Å². The Balaban J connectivity index is 1.35. The van der Waals surface area contributed by atoms with Crippen LogP contribution in [0.25, 0.3) is 10.9 Å². The fourth-order valence-electron chi connectivity index (χ4n) is 5.73. The van der Waals surface area contributed by atoms with Crippen molar-refractivity contribution in [1.82, 2.24) is 15.2 Å². The molecule has 0 spiro atoms.